The molecule has 5 nitrogen and oxygen atoms in total. The van der Waals surface area contributed by atoms with Crippen molar-refractivity contribution < 1.29 is 18.6 Å². The molecule has 0 aliphatic carbocycles. The molecule has 0 N–H and O–H groups in total. The van der Waals surface area contributed by atoms with Gasteiger partial charge in [0.1, 0.15) is 11.5 Å². The van der Waals surface area contributed by atoms with Gasteiger partial charge in [0.2, 0.25) is 5.89 Å². The molecule has 0 aliphatic rings. The second kappa shape index (κ2) is 12.3. The van der Waals surface area contributed by atoms with Crippen molar-refractivity contribution in [3.05, 3.63) is 71.6 Å². The number of oxazole rings is 1. The first-order valence-electron chi connectivity index (χ1n) is 11.1. The van der Waals surface area contributed by atoms with E-state index < -0.39 is 0 Å². The molecule has 0 spiro atoms. The Bertz CT molecular complexity index is 890. The first kappa shape index (κ1) is 23.0. The van der Waals surface area contributed by atoms with E-state index in [2.05, 4.69) is 24.0 Å². The average Bonchev–Trinajstić information content (AvgIpc) is 3.17. The Kier molecular flexibility index (Phi) is 9.13. The predicted molar refractivity (Wildman–Crippen MR) is 122 cm³/mol. The van der Waals surface area contributed by atoms with Gasteiger partial charge in [0.15, 0.2) is 6.29 Å². The van der Waals surface area contributed by atoms with E-state index in [1.807, 2.05) is 56.3 Å². The smallest absolute Gasteiger partial charge is 0.226 e. The van der Waals surface area contributed by atoms with Crippen molar-refractivity contribution in [3.63, 3.8) is 0 Å². The van der Waals surface area contributed by atoms with Crippen LogP contribution in [0.2, 0.25) is 0 Å². The highest BCUT2D eigenvalue weighted by Gasteiger charge is 2.11. The molecule has 0 bridgehead atoms. The number of aromatic nitrogens is 1. The SMILES string of the molecule is CCCOC(C)OCCCc1ccc(OCCc2nc(-c3ccccc3)oc2C)cc1. The van der Waals surface area contributed by atoms with Gasteiger partial charge in [-0.25, -0.2) is 4.98 Å². The molecule has 5 heteroatoms. The number of aryl methyl sites for hydroxylation is 2. The van der Waals surface area contributed by atoms with Crippen LogP contribution < -0.4 is 4.74 Å². The van der Waals surface area contributed by atoms with Gasteiger partial charge in [0.05, 0.1) is 18.9 Å². The van der Waals surface area contributed by atoms with Crippen molar-refractivity contribution in [2.75, 3.05) is 19.8 Å². The summed E-state index contributed by atoms with van der Waals surface area (Å²) in [4.78, 5) is 4.63. The average molecular weight is 424 g/mol. The van der Waals surface area contributed by atoms with Gasteiger partial charge in [-0.05, 0) is 62.9 Å². The van der Waals surface area contributed by atoms with Crippen molar-refractivity contribution in [3.8, 4) is 17.2 Å². The summed E-state index contributed by atoms with van der Waals surface area (Å²) in [5.74, 6) is 2.37. The van der Waals surface area contributed by atoms with E-state index in [4.69, 9.17) is 18.6 Å². The van der Waals surface area contributed by atoms with Crippen LogP contribution >= 0.6 is 0 Å². The molecule has 31 heavy (non-hydrogen) atoms. The minimum atomic E-state index is -0.132. The molecule has 166 valence electrons. The van der Waals surface area contributed by atoms with Crippen molar-refractivity contribution >= 4 is 0 Å². The third-order valence-corrected chi connectivity index (χ3v) is 4.96. The van der Waals surface area contributed by atoms with E-state index in [1.165, 1.54) is 5.56 Å². The predicted octanol–water partition coefficient (Wildman–Crippen LogP) is 5.99. The maximum absolute atomic E-state index is 5.91. The molecule has 1 heterocycles. The summed E-state index contributed by atoms with van der Waals surface area (Å²) >= 11 is 0. The van der Waals surface area contributed by atoms with Gasteiger partial charge < -0.3 is 18.6 Å². The molecule has 0 radical (unpaired) electrons. The fraction of sp³-hybridized carbons (Fsp3) is 0.423. The van der Waals surface area contributed by atoms with Crippen LogP contribution in [0, 0.1) is 6.92 Å². The van der Waals surface area contributed by atoms with Crippen LogP contribution in [0.4, 0.5) is 0 Å². The van der Waals surface area contributed by atoms with Gasteiger partial charge in [-0.15, -0.1) is 0 Å². The Balaban J connectivity index is 1.38. The zero-order chi connectivity index (χ0) is 21.9. The zero-order valence-corrected chi connectivity index (χ0v) is 18.8. The molecule has 1 aromatic heterocycles. The van der Waals surface area contributed by atoms with Crippen LogP contribution in [-0.4, -0.2) is 31.1 Å². The van der Waals surface area contributed by atoms with E-state index in [9.17, 15) is 0 Å². The van der Waals surface area contributed by atoms with Gasteiger partial charge in [0.25, 0.3) is 0 Å². The molecule has 0 aliphatic heterocycles. The highest BCUT2D eigenvalue weighted by atomic mass is 16.7. The zero-order valence-electron chi connectivity index (χ0n) is 18.8. The Morgan fingerprint density at radius 2 is 1.65 bits per heavy atom. The summed E-state index contributed by atoms with van der Waals surface area (Å²) in [5.41, 5.74) is 3.20. The second-order valence-electron chi connectivity index (χ2n) is 7.54. The maximum Gasteiger partial charge on any atom is 0.226 e. The number of rotatable bonds is 13. The van der Waals surface area contributed by atoms with Crippen molar-refractivity contribution in [2.45, 2.75) is 52.7 Å². The van der Waals surface area contributed by atoms with Crippen LogP contribution in [-0.2, 0) is 22.3 Å². The number of ether oxygens (including phenoxy) is 3. The summed E-state index contributed by atoms with van der Waals surface area (Å²) in [5, 5.41) is 0. The Labute approximate surface area is 185 Å². The van der Waals surface area contributed by atoms with Gasteiger partial charge in [-0.2, -0.15) is 0 Å². The number of nitrogens with zero attached hydrogens (tertiary/aromatic N) is 1. The molecular weight excluding hydrogens is 390 g/mol. The Morgan fingerprint density at radius 3 is 2.39 bits per heavy atom. The van der Waals surface area contributed by atoms with E-state index in [0.717, 1.165) is 48.6 Å². The monoisotopic (exact) mass is 423 g/mol. The first-order chi connectivity index (χ1) is 15.2. The molecule has 2 aromatic carbocycles. The molecular formula is C26H33NO4. The Morgan fingerprint density at radius 1 is 0.903 bits per heavy atom. The fourth-order valence-electron chi connectivity index (χ4n) is 3.24. The Hall–Kier alpha value is -2.63. The lowest BCUT2D eigenvalue weighted by Gasteiger charge is -2.13. The third kappa shape index (κ3) is 7.53. The highest BCUT2D eigenvalue weighted by molar-refractivity contribution is 5.53. The first-order valence-corrected chi connectivity index (χ1v) is 11.1. The lowest BCUT2D eigenvalue weighted by molar-refractivity contribution is -0.130. The number of hydrogen-bond acceptors (Lipinski definition) is 5. The van der Waals surface area contributed by atoms with E-state index in [0.29, 0.717) is 25.5 Å². The molecule has 0 saturated carbocycles. The third-order valence-electron chi connectivity index (χ3n) is 4.96. The molecule has 0 saturated heterocycles. The minimum absolute atomic E-state index is 0.132. The largest absolute Gasteiger partial charge is 0.493 e. The maximum atomic E-state index is 5.91. The summed E-state index contributed by atoms with van der Waals surface area (Å²) in [6.45, 7) is 7.99. The van der Waals surface area contributed by atoms with Crippen molar-refractivity contribution in [1.29, 1.82) is 0 Å². The van der Waals surface area contributed by atoms with E-state index in [-0.39, 0.29) is 6.29 Å². The van der Waals surface area contributed by atoms with Crippen LogP contribution in [0.3, 0.4) is 0 Å². The normalized spacial score (nSPS) is 12.1. The quantitative estimate of drug-likeness (QED) is 0.249. The number of hydrogen-bond donors (Lipinski definition) is 0. The summed E-state index contributed by atoms with van der Waals surface area (Å²) < 4.78 is 22.9. The van der Waals surface area contributed by atoms with Crippen molar-refractivity contribution in [1.82, 2.24) is 4.98 Å². The van der Waals surface area contributed by atoms with Gasteiger partial charge in [0, 0.05) is 18.6 Å². The molecule has 1 unspecified atom stereocenters. The molecule has 3 aromatic rings. The summed E-state index contributed by atoms with van der Waals surface area (Å²) in [6, 6.07) is 18.2. The van der Waals surface area contributed by atoms with E-state index >= 15 is 0 Å². The van der Waals surface area contributed by atoms with E-state index in [1.54, 1.807) is 0 Å². The van der Waals surface area contributed by atoms with Gasteiger partial charge in [-0.3, -0.25) is 0 Å². The fourth-order valence-corrected chi connectivity index (χ4v) is 3.24. The van der Waals surface area contributed by atoms with Crippen LogP contribution in [0.5, 0.6) is 5.75 Å². The number of benzene rings is 2. The summed E-state index contributed by atoms with van der Waals surface area (Å²) in [6.07, 6.45) is 3.53. The minimum Gasteiger partial charge on any atom is -0.493 e. The standard InChI is InChI=1S/C26H33NO4/c1-4-17-28-21(3)29-18-8-9-22-12-14-24(15-13-22)30-19-16-25-20(2)31-26(27-25)23-10-6-5-7-11-23/h5-7,10-15,21H,4,8-9,16-19H2,1-3H3. The molecule has 3 rings (SSSR count). The molecule has 0 amide bonds. The summed E-state index contributed by atoms with van der Waals surface area (Å²) in [7, 11) is 0. The second-order valence-corrected chi connectivity index (χ2v) is 7.54. The van der Waals surface area contributed by atoms with Crippen LogP contribution in [0.1, 0.15) is 43.7 Å². The lowest BCUT2D eigenvalue weighted by atomic mass is 10.1. The van der Waals surface area contributed by atoms with Gasteiger partial charge in [-0.1, -0.05) is 37.3 Å². The molecule has 0 fully saturated rings. The van der Waals surface area contributed by atoms with Crippen molar-refractivity contribution in [2.24, 2.45) is 0 Å². The van der Waals surface area contributed by atoms with Crippen LogP contribution in [0.25, 0.3) is 11.5 Å². The molecule has 1 atom stereocenters. The highest BCUT2D eigenvalue weighted by Crippen LogP contribution is 2.22. The van der Waals surface area contributed by atoms with Crippen LogP contribution in [0.15, 0.2) is 59.0 Å². The lowest BCUT2D eigenvalue weighted by Crippen LogP contribution is -2.14. The van der Waals surface area contributed by atoms with Gasteiger partial charge >= 0.3 is 0 Å². The topological polar surface area (TPSA) is 53.7 Å².